The van der Waals surface area contributed by atoms with Crippen LogP contribution < -0.4 is 5.32 Å². The zero-order chi connectivity index (χ0) is 13.0. The molecule has 0 radical (unpaired) electrons. The summed E-state index contributed by atoms with van der Waals surface area (Å²) in [4.78, 5) is 0. The van der Waals surface area contributed by atoms with Gasteiger partial charge >= 0.3 is 0 Å². The molecular formula is C14H21ClFN. The van der Waals surface area contributed by atoms with Gasteiger partial charge in [-0.25, -0.2) is 4.39 Å². The molecule has 1 N–H and O–H groups in total. The molecule has 0 fully saturated rings. The van der Waals surface area contributed by atoms with Crippen molar-refractivity contribution in [2.75, 3.05) is 7.05 Å². The lowest BCUT2D eigenvalue weighted by Crippen LogP contribution is -2.35. The van der Waals surface area contributed by atoms with Gasteiger partial charge in [-0.05, 0) is 56.0 Å². The van der Waals surface area contributed by atoms with Gasteiger partial charge in [-0.1, -0.05) is 25.4 Å². The number of halogens is 2. The van der Waals surface area contributed by atoms with E-state index < -0.39 is 0 Å². The van der Waals surface area contributed by atoms with E-state index in [1.807, 2.05) is 7.05 Å². The average molecular weight is 258 g/mol. The van der Waals surface area contributed by atoms with Gasteiger partial charge in [0, 0.05) is 11.1 Å². The molecule has 1 aromatic rings. The Morgan fingerprint density at radius 1 is 1.29 bits per heavy atom. The standard InChI is InChI=1S/C14H21ClFN/c1-9(2)13(10(3)17-4)8-11-7-12(15)5-6-14(11)16/h5-7,9-10,13,17H,8H2,1-4H3. The fraction of sp³-hybridized carbons (Fsp3) is 0.571. The van der Waals surface area contributed by atoms with E-state index in [2.05, 4.69) is 26.1 Å². The molecule has 1 nitrogen and oxygen atoms in total. The highest BCUT2D eigenvalue weighted by Crippen LogP contribution is 2.24. The molecule has 2 atom stereocenters. The van der Waals surface area contributed by atoms with Gasteiger partial charge in [-0.3, -0.25) is 0 Å². The third kappa shape index (κ3) is 3.97. The quantitative estimate of drug-likeness (QED) is 0.844. The molecule has 0 aliphatic heterocycles. The van der Waals surface area contributed by atoms with E-state index >= 15 is 0 Å². The Kier molecular flexibility index (Phi) is 5.41. The van der Waals surface area contributed by atoms with E-state index in [0.717, 1.165) is 0 Å². The van der Waals surface area contributed by atoms with Crippen LogP contribution in [0.5, 0.6) is 0 Å². The Morgan fingerprint density at radius 2 is 1.94 bits per heavy atom. The van der Waals surface area contributed by atoms with E-state index in [-0.39, 0.29) is 5.82 Å². The lowest BCUT2D eigenvalue weighted by molar-refractivity contribution is 0.297. The Hall–Kier alpha value is -0.600. The van der Waals surface area contributed by atoms with Gasteiger partial charge < -0.3 is 5.32 Å². The van der Waals surface area contributed by atoms with Crippen LogP contribution in [-0.4, -0.2) is 13.1 Å². The smallest absolute Gasteiger partial charge is 0.126 e. The number of hydrogen-bond donors (Lipinski definition) is 1. The molecule has 0 saturated carbocycles. The van der Waals surface area contributed by atoms with Crippen LogP contribution in [-0.2, 0) is 6.42 Å². The van der Waals surface area contributed by atoms with Gasteiger partial charge in [-0.15, -0.1) is 0 Å². The Bertz CT molecular complexity index is 365. The largest absolute Gasteiger partial charge is 0.317 e. The van der Waals surface area contributed by atoms with E-state index in [1.54, 1.807) is 12.1 Å². The first-order chi connectivity index (χ1) is 7.95. The van der Waals surface area contributed by atoms with Crippen LogP contribution in [0.4, 0.5) is 4.39 Å². The fourth-order valence-corrected chi connectivity index (χ4v) is 2.35. The Balaban J connectivity index is 2.89. The maximum Gasteiger partial charge on any atom is 0.126 e. The minimum Gasteiger partial charge on any atom is -0.317 e. The molecule has 0 amide bonds. The molecule has 0 bridgehead atoms. The first-order valence-electron chi connectivity index (χ1n) is 6.07. The van der Waals surface area contributed by atoms with Gasteiger partial charge in [-0.2, -0.15) is 0 Å². The molecule has 0 saturated heterocycles. The molecule has 0 spiro atoms. The van der Waals surface area contributed by atoms with Crippen LogP contribution in [0.15, 0.2) is 18.2 Å². The molecule has 3 heteroatoms. The topological polar surface area (TPSA) is 12.0 Å². The summed E-state index contributed by atoms with van der Waals surface area (Å²) in [6.07, 6.45) is 0.714. The second kappa shape index (κ2) is 6.36. The molecule has 1 rings (SSSR count). The fourth-order valence-electron chi connectivity index (χ4n) is 2.16. The summed E-state index contributed by atoms with van der Waals surface area (Å²) in [7, 11) is 1.94. The van der Waals surface area contributed by atoms with Crippen molar-refractivity contribution in [2.24, 2.45) is 11.8 Å². The van der Waals surface area contributed by atoms with Crippen LogP contribution in [0.2, 0.25) is 5.02 Å². The molecular weight excluding hydrogens is 237 g/mol. The number of benzene rings is 1. The highest BCUT2D eigenvalue weighted by molar-refractivity contribution is 6.30. The maximum absolute atomic E-state index is 13.7. The molecule has 0 heterocycles. The molecule has 17 heavy (non-hydrogen) atoms. The first kappa shape index (κ1) is 14.5. The predicted octanol–water partition coefficient (Wildman–Crippen LogP) is 3.90. The van der Waals surface area contributed by atoms with Crippen molar-refractivity contribution in [3.63, 3.8) is 0 Å². The monoisotopic (exact) mass is 257 g/mol. The highest BCUT2D eigenvalue weighted by atomic mass is 35.5. The Morgan fingerprint density at radius 3 is 2.47 bits per heavy atom. The number of rotatable bonds is 5. The second-order valence-corrected chi connectivity index (χ2v) is 5.36. The normalized spacial score (nSPS) is 15.0. The summed E-state index contributed by atoms with van der Waals surface area (Å²) in [5.74, 6) is 0.729. The van der Waals surface area contributed by atoms with Crippen LogP contribution in [0.1, 0.15) is 26.3 Å². The third-order valence-corrected chi connectivity index (χ3v) is 3.65. The predicted molar refractivity (Wildman–Crippen MR) is 72.0 cm³/mol. The van der Waals surface area contributed by atoms with Crippen molar-refractivity contribution in [2.45, 2.75) is 33.2 Å². The van der Waals surface area contributed by atoms with Crippen LogP contribution in [0.3, 0.4) is 0 Å². The van der Waals surface area contributed by atoms with E-state index in [4.69, 9.17) is 11.6 Å². The van der Waals surface area contributed by atoms with Crippen molar-refractivity contribution in [1.82, 2.24) is 5.32 Å². The van der Waals surface area contributed by atoms with Crippen molar-refractivity contribution in [3.8, 4) is 0 Å². The van der Waals surface area contributed by atoms with Crippen molar-refractivity contribution in [1.29, 1.82) is 0 Å². The lowest BCUT2D eigenvalue weighted by atomic mass is 9.84. The summed E-state index contributed by atoms with van der Waals surface area (Å²) >= 11 is 5.91. The molecule has 96 valence electrons. The van der Waals surface area contributed by atoms with Gasteiger partial charge in [0.25, 0.3) is 0 Å². The second-order valence-electron chi connectivity index (χ2n) is 4.93. The summed E-state index contributed by atoms with van der Waals surface area (Å²) in [6, 6.07) is 5.12. The molecule has 1 aromatic carbocycles. The molecule has 0 aliphatic rings. The van der Waals surface area contributed by atoms with Crippen LogP contribution >= 0.6 is 11.6 Å². The Labute approximate surface area is 108 Å². The summed E-state index contributed by atoms with van der Waals surface area (Å²) in [6.45, 7) is 6.47. The van der Waals surface area contributed by atoms with Gasteiger partial charge in [0.1, 0.15) is 5.82 Å². The van der Waals surface area contributed by atoms with Gasteiger partial charge in [0.05, 0.1) is 0 Å². The van der Waals surface area contributed by atoms with Crippen molar-refractivity contribution < 1.29 is 4.39 Å². The average Bonchev–Trinajstić information content (AvgIpc) is 2.28. The SMILES string of the molecule is CNC(C)C(Cc1cc(Cl)ccc1F)C(C)C. The number of hydrogen-bond acceptors (Lipinski definition) is 1. The highest BCUT2D eigenvalue weighted by Gasteiger charge is 2.21. The van der Waals surface area contributed by atoms with Crippen molar-refractivity contribution >= 4 is 11.6 Å². The minimum absolute atomic E-state index is 0.164. The van der Waals surface area contributed by atoms with E-state index in [9.17, 15) is 4.39 Å². The number of nitrogens with one attached hydrogen (secondary N) is 1. The molecule has 0 aromatic heterocycles. The summed E-state index contributed by atoms with van der Waals surface area (Å²) < 4.78 is 13.7. The zero-order valence-corrected chi connectivity index (χ0v) is 11.7. The van der Waals surface area contributed by atoms with Crippen LogP contribution in [0.25, 0.3) is 0 Å². The zero-order valence-electron chi connectivity index (χ0n) is 10.9. The van der Waals surface area contributed by atoms with Gasteiger partial charge in [0.2, 0.25) is 0 Å². The van der Waals surface area contributed by atoms with Crippen molar-refractivity contribution in [3.05, 3.63) is 34.6 Å². The molecule has 2 unspecified atom stereocenters. The van der Waals surface area contributed by atoms with E-state index in [0.29, 0.717) is 34.9 Å². The first-order valence-corrected chi connectivity index (χ1v) is 6.44. The lowest BCUT2D eigenvalue weighted by Gasteiger charge is -2.27. The maximum atomic E-state index is 13.7. The van der Waals surface area contributed by atoms with E-state index in [1.165, 1.54) is 6.07 Å². The van der Waals surface area contributed by atoms with Crippen LogP contribution in [0, 0.1) is 17.7 Å². The summed E-state index contributed by atoms with van der Waals surface area (Å²) in [5.41, 5.74) is 0.707. The third-order valence-electron chi connectivity index (χ3n) is 3.42. The minimum atomic E-state index is -0.164. The summed E-state index contributed by atoms with van der Waals surface area (Å²) in [5, 5.41) is 3.84. The molecule has 0 aliphatic carbocycles. The van der Waals surface area contributed by atoms with Gasteiger partial charge in [0.15, 0.2) is 0 Å².